The average Bonchev–Trinajstić information content (AvgIpc) is 2.71. The Morgan fingerprint density at radius 1 is 0.519 bits per heavy atom. The Kier molecular flexibility index (Phi) is 7.32. The zero-order valence-corrected chi connectivity index (χ0v) is 19.1. The van der Waals surface area contributed by atoms with Crippen LogP contribution in [-0.2, 0) is 43.9 Å². The Hall–Kier alpha value is -1.56. The van der Waals surface area contributed by atoms with Crippen molar-refractivity contribution in [2.75, 3.05) is 0 Å². The van der Waals surface area contributed by atoms with Crippen LogP contribution in [0.25, 0.3) is 0 Å². The van der Waals surface area contributed by atoms with Crippen molar-refractivity contribution in [3.8, 4) is 0 Å². The summed E-state index contributed by atoms with van der Waals surface area (Å²) in [5.74, 6) is 0. The normalized spacial score (nSPS) is 11.9. The molecule has 0 aliphatic heterocycles. The molecule has 0 atom stereocenters. The zero-order chi connectivity index (χ0) is 20.2. The lowest BCUT2D eigenvalue weighted by molar-refractivity contribution is 0.618. The van der Waals surface area contributed by atoms with Crippen LogP contribution in [0.1, 0.15) is 99.9 Å². The van der Waals surface area contributed by atoms with Crippen molar-refractivity contribution in [3.05, 3.63) is 68.8 Å². The third-order valence-electron chi connectivity index (χ3n) is 6.44. The van der Waals surface area contributed by atoms with Crippen LogP contribution in [-0.4, -0.2) is 0 Å². The molecule has 0 saturated heterocycles. The van der Waals surface area contributed by atoms with Crippen molar-refractivity contribution in [1.29, 1.82) is 0 Å². The van der Waals surface area contributed by atoms with Gasteiger partial charge in [-0.3, -0.25) is 0 Å². The third-order valence-corrected chi connectivity index (χ3v) is 6.44. The topological polar surface area (TPSA) is 0 Å². The van der Waals surface area contributed by atoms with Gasteiger partial charge in [-0.25, -0.2) is 0 Å². The van der Waals surface area contributed by atoms with Gasteiger partial charge in [0.1, 0.15) is 0 Å². The molecule has 148 valence electrons. The minimum absolute atomic E-state index is 0.0287. The number of aryl methyl sites for hydroxylation is 4. The molecule has 0 heteroatoms. The van der Waals surface area contributed by atoms with E-state index in [0.717, 1.165) is 38.5 Å². The van der Waals surface area contributed by atoms with Gasteiger partial charge in [0.05, 0.1) is 0 Å². The standard InChI is InChI=1S/C27H40/c1-9-19-15-21(11-3)23(13-5)25(17-19)27(7,8)26-18-20(10-2)16-22(12-4)24(26)14-6/h15-18H,9-14H2,1-8H3. The lowest BCUT2D eigenvalue weighted by atomic mass is 9.70. The SMILES string of the molecule is CCc1cc(CC)c(CC)c(C(C)(C)c2cc(CC)cc(CC)c2CC)c1. The molecule has 0 aliphatic carbocycles. The van der Waals surface area contributed by atoms with Crippen molar-refractivity contribution in [1.82, 2.24) is 0 Å². The van der Waals surface area contributed by atoms with Crippen LogP contribution in [0, 0.1) is 0 Å². The van der Waals surface area contributed by atoms with Crippen molar-refractivity contribution >= 4 is 0 Å². The van der Waals surface area contributed by atoms with Crippen molar-refractivity contribution < 1.29 is 0 Å². The fourth-order valence-corrected chi connectivity index (χ4v) is 4.73. The molecule has 0 aliphatic rings. The summed E-state index contributed by atoms with van der Waals surface area (Å²) in [6.07, 6.45) is 6.68. The van der Waals surface area contributed by atoms with Gasteiger partial charge in [0.25, 0.3) is 0 Å². The van der Waals surface area contributed by atoms with E-state index in [1.54, 1.807) is 33.4 Å². The first-order valence-electron chi connectivity index (χ1n) is 11.2. The molecule has 0 radical (unpaired) electrons. The van der Waals surface area contributed by atoms with Gasteiger partial charge in [-0.1, -0.05) is 79.7 Å². The van der Waals surface area contributed by atoms with E-state index in [9.17, 15) is 0 Å². The van der Waals surface area contributed by atoms with E-state index in [1.807, 2.05) is 0 Å². The minimum atomic E-state index is 0.0287. The highest BCUT2D eigenvalue weighted by Gasteiger charge is 2.30. The predicted molar refractivity (Wildman–Crippen MR) is 121 cm³/mol. The van der Waals surface area contributed by atoms with Gasteiger partial charge in [-0.2, -0.15) is 0 Å². The molecule has 0 nitrogen and oxygen atoms in total. The van der Waals surface area contributed by atoms with Crippen LogP contribution < -0.4 is 0 Å². The Balaban J connectivity index is 2.83. The molecule has 0 fully saturated rings. The maximum absolute atomic E-state index is 2.50. The summed E-state index contributed by atoms with van der Waals surface area (Å²) in [7, 11) is 0. The van der Waals surface area contributed by atoms with Gasteiger partial charge < -0.3 is 0 Å². The van der Waals surface area contributed by atoms with Gasteiger partial charge in [0.15, 0.2) is 0 Å². The summed E-state index contributed by atoms with van der Waals surface area (Å²) in [4.78, 5) is 0. The predicted octanol–water partition coefficient (Wildman–Crippen LogP) is 7.39. The molecular weight excluding hydrogens is 324 g/mol. The van der Waals surface area contributed by atoms with Crippen LogP contribution in [0.5, 0.6) is 0 Å². The van der Waals surface area contributed by atoms with Crippen LogP contribution in [0.2, 0.25) is 0 Å². The molecule has 0 spiro atoms. The second-order valence-corrected chi connectivity index (χ2v) is 8.31. The Bertz CT molecular complexity index is 712. The van der Waals surface area contributed by atoms with Crippen molar-refractivity contribution in [3.63, 3.8) is 0 Å². The number of rotatable bonds is 8. The first-order chi connectivity index (χ1) is 12.9. The molecule has 0 heterocycles. The summed E-state index contributed by atoms with van der Waals surface area (Å²) < 4.78 is 0. The smallest absolute Gasteiger partial charge is 0.0152 e. The fraction of sp³-hybridized carbons (Fsp3) is 0.556. The molecule has 0 unspecified atom stereocenters. The Morgan fingerprint density at radius 2 is 0.889 bits per heavy atom. The first kappa shape index (κ1) is 21.7. The quantitative estimate of drug-likeness (QED) is 0.458. The summed E-state index contributed by atoms with van der Waals surface area (Å²) >= 11 is 0. The molecular formula is C27H40. The van der Waals surface area contributed by atoms with Gasteiger partial charge in [0, 0.05) is 5.41 Å². The number of benzene rings is 2. The van der Waals surface area contributed by atoms with Crippen LogP contribution in [0.15, 0.2) is 24.3 Å². The lowest BCUT2D eigenvalue weighted by Crippen LogP contribution is -2.25. The fourth-order valence-electron chi connectivity index (χ4n) is 4.73. The van der Waals surface area contributed by atoms with E-state index in [-0.39, 0.29) is 5.41 Å². The van der Waals surface area contributed by atoms with Crippen molar-refractivity contribution in [2.24, 2.45) is 0 Å². The highest BCUT2D eigenvalue weighted by Crippen LogP contribution is 2.39. The number of hydrogen-bond donors (Lipinski definition) is 0. The minimum Gasteiger partial charge on any atom is -0.0613 e. The molecule has 0 bridgehead atoms. The first-order valence-corrected chi connectivity index (χ1v) is 11.2. The average molecular weight is 365 g/mol. The van der Waals surface area contributed by atoms with Crippen LogP contribution >= 0.6 is 0 Å². The molecule has 2 rings (SSSR count). The Morgan fingerprint density at radius 3 is 1.15 bits per heavy atom. The van der Waals surface area contributed by atoms with Crippen LogP contribution in [0.3, 0.4) is 0 Å². The largest absolute Gasteiger partial charge is 0.0613 e. The van der Waals surface area contributed by atoms with E-state index in [1.165, 1.54) is 11.1 Å². The maximum Gasteiger partial charge on any atom is 0.0152 e. The second kappa shape index (κ2) is 9.09. The summed E-state index contributed by atoms with van der Waals surface area (Å²) in [6.45, 7) is 18.7. The third kappa shape index (κ3) is 4.15. The lowest BCUT2D eigenvalue weighted by Gasteiger charge is -2.33. The highest BCUT2D eigenvalue weighted by atomic mass is 14.3. The van der Waals surface area contributed by atoms with Gasteiger partial charge >= 0.3 is 0 Å². The zero-order valence-electron chi connectivity index (χ0n) is 19.1. The van der Waals surface area contributed by atoms with E-state index in [0.29, 0.717) is 0 Å². The molecule has 0 N–H and O–H groups in total. The summed E-state index contributed by atoms with van der Waals surface area (Å²) in [6, 6.07) is 9.89. The van der Waals surface area contributed by atoms with E-state index in [2.05, 4.69) is 79.7 Å². The van der Waals surface area contributed by atoms with Gasteiger partial charge in [-0.05, 0) is 83.0 Å². The maximum atomic E-state index is 2.50. The highest BCUT2D eigenvalue weighted by molar-refractivity contribution is 5.53. The molecule has 0 aromatic heterocycles. The molecule has 0 amide bonds. The van der Waals surface area contributed by atoms with Crippen LogP contribution in [0.4, 0.5) is 0 Å². The summed E-state index contributed by atoms with van der Waals surface area (Å²) in [5, 5.41) is 0. The molecule has 27 heavy (non-hydrogen) atoms. The molecule has 0 saturated carbocycles. The second-order valence-electron chi connectivity index (χ2n) is 8.31. The van der Waals surface area contributed by atoms with Crippen molar-refractivity contribution in [2.45, 2.75) is 99.3 Å². The number of hydrogen-bond acceptors (Lipinski definition) is 0. The van der Waals surface area contributed by atoms with E-state index >= 15 is 0 Å². The summed E-state index contributed by atoms with van der Waals surface area (Å²) in [5.41, 5.74) is 12.3. The van der Waals surface area contributed by atoms with E-state index in [4.69, 9.17) is 0 Å². The molecule has 2 aromatic rings. The van der Waals surface area contributed by atoms with Gasteiger partial charge in [0.2, 0.25) is 0 Å². The Labute approximate surface area is 168 Å². The van der Waals surface area contributed by atoms with Gasteiger partial charge in [-0.15, -0.1) is 0 Å². The molecule has 2 aromatic carbocycles. The monoisotopic (exact) mass is 364 g/mol. The van der Waals surface area contributed by atoms with E-state index < -0.39 is 0 Å².